The highest BCUT2D eigenvalue weighted by Gasteiger charge is 2.08. The maximum absolute atomic E-state index is 11.9. The van der Waals surface area contributed by atoms with E-state index < -0.39 is 0 Å². The number of carbonyl (C=O) groups excluding carboxylic acids is 1. The molecular formula is C13H13N3O2S. The van der Waals surface area contributed by atoms with Crippen molar-refractivity contribution in [3.63, 3.8) is 0 Å². The van der Waals surface area contributed by atoms with Gasteiger partial charge >= 0.3 is 0 Å². The number of nitrogens with zero attached hydrogens (tertiary/aromatic N) is 2. The Bertz CT molecular complexity index is 634. The highest BCUT2D eigenvalue weighted by Crippen LogP contribution is 2.13. The minimum absolute atomic E-state index is 0.154. The fraction of sp³-hybridized carbons (Fsp3) is 0.231. The third-order valence-electron chi connectivity index (χ3n) is 2.35. The van der Waals surface area contributed by atoms with Crippen molar-refractivity contribution in [2.75, 3.05) is 6.61 Å². The van der Waals surface area contributed by atoms with E-state index in [1.54, 1.807) is 16.1 Å². The van der Waals surface area contributed by atoms with Crippen LogP contribution in [-0.4, -0.2) is 27.4 Å². The lowest BCUT2D eigenvalue weighted by Crippen LogP contribution is -2.22. The van der Waals surface area contributed by atoms with Crippen molar-refractivity contribution in [2.45, 2.75) is 6.54 Å². The molecule has 1 amide bonds. The number of amides is 1. The molecule has 0 aliphatic heterocycles. The van der Waals surface area contributed by atoms with Gasteiger partial charge < -0.3 is 10.4 Å². The van der Waals surface area contributed by atoms with E-state index in [9.17, 15) is 4.79 Å². The van der Waals surface area contributed by atoms with Gasteiger partial charge in [0.05, 0.1) is 22.7 Å². The molecule has 2 aromatic rings. The number of nitrogens with one attached hydrogen (secondary N) is 1. The summed E-state index contributed by atoms with van der Waals surface area (Å²) in [5, 5.41) is 17.3. The van der Waals surface area contributed by atoms with Gasteiger partial charge in [-0.15, -0.1) is 11.3 Å². The lowest BCUT2D eigenvalue weighted by Gasteiger charge is -2.00. The van der Waals surface area contributed by atoms with Crippen LogP contribution in [0, 0.1) is 11.8 Å². The average molecular weight is 275 g/mol. The molecule has 0 aliphatic rings. The predicted octanol–water partition coefficient (Wildman–Crippen LogP) is 0.755. The second kappa shape index (κ2) is 6.18. The number of rotatable bonds is 3. The van der Waals surface area contributed by atoms with Crippen molar-refractivity contribution in [1.29, 1.82) is 0 Å². The van der Waals surface area contributed by atoms with Gasteiger partial charge in [-0.1, -0.05) is 11.8 Å². The lowest BCUT2D eigenvalue weighted by molar-refractivity contribution is 0.0951. The van der Waals surface area contributed by atoms with Crippen LogP contribution in [0.15, 0.2) is 23.7 Å². The molecule has 0 spiro atoms. The SMILES string of the molecule is Cn1ccc(CNC(=O)c2csc(C#CCO)c2)n1. The summed E-state index contributed by atoms with van der Waals surface area (Å²) in [5.41, 5.74) is 1.38. The second-order valence-corrected chi connectivity index (χ2v) is 4.73. The topological polar surface area (TPSA) is 67.2 Å². The van der Waals surface area contributed by atoms with Gasteiger partial charge in [0.1, 0.15) is 6.61 Å². The number of aliphatic hydroxyl groups excluding tert-OH is 1. The number of aryl methyl sites for hydroxylation is 1. The number of carbonyl (C=O) groups is 1. The van der Waals surface area contributed by atoms with Crippen LogP contribution in [-0.2, 0) is 13.6 Å². The van der Waals surface area contributed by atoms with E-state index in [1.165, 1.54) is 11.3 Å². The fourth-order valence-electron chi connectivity index (χ4n) is 1.48. The number of thiophene rings is 1. The molecule has 0 atom stereocenters. The summed E-state index contributed by atoms with van der Waals surface area (Å²) in [6.45, 7) is 0.215. The summed E-state index contributed by atoms with van der Waals surface area (Å²) in [6.07, 6.45) is 1.83. The quantitative estimate of drug-likeness (QED) is 0.813. The van der Waals surface area contributed by atoms with Gasteiger partial charge in [-0.25, -0.2) is 0 Å². The van der Waals surface area contributed by atoms with E-state index in [1.807, 2.05) is 19.3 Å². The fourth-order valence-corrected chi connectivity index (χ4v) is 2.23. The first kappa shape index (κ1) is 13.3. The van der Waals surface area contributed by atoms with Crippen molar-refractivity contribution in [3.05, 3.63) is 39.8 Å². The molecule has 0 aliphatic carbocycles. The van der Waals surface area contributed by atoms with Gasteiger partial charge in [0.2, 0.25) is 0 Å². The summed E-state index contributed by atoms with van der Waals surface area (Å²) in [4.78, 5) is 12.6. The monoisotopic (exact) mass is 275 g/mol. The summed E-state index contributed by atoms with van der Waals surface area (Å²) in [6, 6.07) is 3.56. The van der Waals surface area contributed by atoms with Gasteiger partial charge in [0.25, 0.3) is 5.91 Å². The van der Waals surface area contributed by atoms with Crippen molar-refractivity contribution in [2.24, 2.45) is 7.05 Å². The first-order valence-electron chi connectivity index (χ1n) is 5.64. The minimum atomic E-state index is -0.181. The summed E-state index contributed by atoms with van der Waals surface area (Å²) in [5.74, 6) is 5.16. The molecule has 2 heterocycles. The zero-order chi connectivity index (χ0) is 13.7. The molecule has 0 saturated heterocycles. The molecule has 19 heavy (non-hydrogen) atoms. The lowest BCUT2D eigenvalue weighted by atomic mass is 10.3. The zero-order valence-electron chi connectivity index (χ0n) is 10.4. The van der Waals surface area contributed by atoms with Gasteiger partial charge in [-0.3, -0.25) is 9.48 Å². The van der Waals surface area contributed by atoms with Crippen molar-refractivity contribution in [3.8, 4) is 11.8 Å². The van der Waals surface area contributed by atoms with Gasteiger partial charge in [-0.05, 0) is 12.1 Å². The predicted molar refractivity (Wildman–Crippen MR) is 72.7 cm³/mol. The highest BCUT2D eigenvalue weighted by molar-refractivity contribution is 7.10. The molecule has 6 heteroatoms. The number of aliphatic hydroxyl groups is 1. The highest BCUT2D eigenvalue weighted by atomic mass is 32.1. The van der Waals surface area contributed by atoms with Gasteiger partial charge in [0, 0.05) is 18.6 Å². The van der Waals surface area contributed by atoms with E-state index in [4.69, 9.17) is 5.11 Å². The van der Waals surface area contributed by atoms with Crippen LogP contribution in [0.3, 0.4) is 0 Å². The third-order valence-corrected chi connectivity index (χ3v) is 3.20. The molecule has 0 radical (unpaired) electrons. The molecule has 2 N–H and O–H groups in total. The maximum atomic E-state index is 11.9. The Kier molecular flexibility index (Phi) is 4.34. The van der Waals surface area contributed by atoms with Gasteiger partial charge in [0.15, 0.2) is 0 Å². The number of hydrogen-bond acceptors (Lipinski definition) is 4. The molecular weight excluding hydrogens is 262 g/mol. The smallest absolute Gasteiger partial charge is 0.252 e. The van der Waals surface area contributed by atoms with Crippen LogP contribution in [0.4, 0.5) is 0 Å². The third kappa shape index (κ3) is 3.68. The van der Waals surface area contributed by atoms with E-state index in [0.29, 0.717) is 12.1 Å². The van der Waals surface area contributed by atoms with E-state index in [-0.39, 0.29) is 12.5 Å². The Morgan fingerprint density at radius 1 is 1.63 bits per heavy atom. The summed E-state index contributed by atoms with van der Waals surface area (Å²) < 4.78 is 1.69. The molecule has 0 bridgehead atoms. The molecule has 2 aromatic heterocycles. The normalized spacial score (nSPS) is 9.79. The van der Waals surface area contributed by atoms with Crippen LogP contribution in [0.1, 0.15) is 20.9 Å². The Hall–Kier alpha value is -2.10. The Morgan fingerprint density at radius 3 is 3.16 bits per heavy atom. The zero-order valence-corrected chi connectivity index (χ0v) is 11.2. The molecule has 0 saturated carbocycles. The average Bonchev–Trinajstić information content (AvgIpc) is 3.02. The first-order valence-corrected chi connectivity index (χ1v) is 6.52. The van der Waals surface area contributed by atoms with Crippen molar-refractivity contribution < 1.29 is 9.90 Å². The Labute approximate surface area is 114 Å². The number of hydrogen-bond donors (Lipinski definition) is 2. The largest absolute Gasteiger partial charge is 0.384 e. The van der Waals surface area contributed by atoms with E-state index >= 15 is 0 Å². The van der Waals surface area contributed by atoms with Crippen LogP contribution < -0.4 is 5.32 Å². The molecule has 0 aromatic carbocycles. The molecule has 5 nitrogen and oxygen atoms in total. The molecule has 2 rings (SSSR count). The molecule has 98 valence electrons. The Balaban J connectivity index is 1.94. The minimum Gasteiger partial charge on any atom is -0.384 e. The second-order valence-electron chi connectivity index (χ2n) is 3.82. The van der Waals surface area contributed by atoms with E-state index in [2.05, 4.69) is 22.3 Å². The summed E-state index contributed by atoms with van der Waals surface area (Å²) >= 11 is 1.38. The van der Waals surface area contributed by atoms with Gasteiger partial charge in [-0.2, -0.15) is 5.10 Å². The van der Waals surface area contributed by atoms with Crippen molar-refractivity contribution in [1.82, 2.24) is 15.1 Å². The maximum Gasteiger partial charge on any atom is 0.252 e. The first-order chi connectivity index (χ1) is 9.19. The Morgan fingerprint density at radius 2 is 2.47 bits per heavy atom. The van der Waals surface area contributed by atoms with Crippen LogP contribution in [0.2, 0.25) is 0 Å². The van der Waals surface area contributed by atoms with E-state index in [0.717, 1.165) is 10.6 Å². The van der Waals surface area contributed by atoms with Crippen LogP contribution in [0.5, 0.6) is 0 Å². The van der Waals surface area contributed by atoms with Crippen LogP contribution >= 0.6 is 11.3 Å². The molecule has 0 fully saturated rings. The van der Waals surface area contributed by atoms with Crippen molar-refractivity contribution >= 4 is 17.2 Å². The molecule has 0 unspecified atom stereocenters. The summed E-state index contributed by atoms with van der Waals surface area (Å²) in [7, 11) is 1.83. The van der Waals surface area contributed by atoms with Crippen LogP contribution in [0.25, 0.3) is 0 Å². The number of aromatic nitrogens is 2. The standard InChI is InChI=1S/C13H13N3O2S/c1-16-5-4-11(15-16)8-14-13(18)10-7-12(19-9-10)3-2-6-17/h4-5,7,9,17H,6,8H2,1H3,(H,14,18).